The van der Waals surface area contributed by atoms with Gasteiger partial charge in [-0.2, -0.15) is 0 Å². The largest absolute Gasteiger partial charge is 0.492 e. The molecule has 0 spiro atoms. The molecule has 0 aliphatic heterocycles. The van der Waals surface area contributed by atoms with Gasteiger partial charge >= 0.3 is 0 Å². The molecule has 0 heterocycles. The number of nitrogen functional groups attached to an aromatic ring is 1. The molecule has 0 saturated heterocycles. The van der Waals surface area contributed by atoms with Gasteiger partial charge in [0.05, 0.1) is 0 Å². The Hall–Kier alpha value is -1.32. The molecule has 1 rings (SSSR count). The van der Waals surface area contributed by atoms with E-state index < -0.39 is 24.9 Å². The second-order valence-corrected chi connectivity index (χ2v) is 8.28. The number of rotatable bonds is 7. The molecular weight excluding hydrogens is 292 g/mol. The molecule has 1 aromatic carbocycles. The molecule has 108 valence electrons. The molecule has 0 atom stereocenters. The van der Waals surface area contributed by atoms with Gasteiger partial charge in [-0.05, 0) is 24.3 Å². The van der Waals surface area contributed by atoms with Gasteiger partial charge in [0, 0.05) is 18.5 Å². The highest BCUT2D eigenvalue weighted by atomic mass is 32.3. The first kappa shape index (κ1) is 15.7. The lowest BCUT2D eigenvalue weighted by Crippen LogP contribution is -2.32. The van der Waals surface area contributed by atoms with Crippen LogP contribution in [0.5, 0.6) is 5.75 Å². The van der Waals surface area contributed by atoms with Crippen molar-refractivity contribution in [1.82, 2.24) is 4.72 Å². The molecule has 1 aromatic rings. The van der Waals surface area contributed by atoms with E-state index in [-0.39, 0.29) is 13.2 Å². The summed E-state index contributed by atoms with van der Waals surface area (Å²) in [5.74, 6) is 0.552. The Morgan fingerprint density at radius 1 is 1.16 bits per heavy atom. The Balaban J connectivity index is 2.37. The Labute approximate surface area is 112 Å². The highest BCUT2D eigenvalue weighted by Gasteiger charge is 2.17. The van der Waals surface area contributed by atoms with E-state index in [2.05, 4.69) is 4.72 Å². The Morgan fingerprint density at radius 3 is 2.26 bits per heavy atom. The molecule has 0 bridgehead atoms. The molecule has 0 unspecified atom stereocenters. The topological polar surface area (TPSA) is 116 Å². The van der Waals surface area contributed by atoms with Gasteiger partial charge in [-0.3, -0.25) is 0 Å². The lowest BCUT2D eigenvalue weighted by Gasteiger charge is -2.08. The fraction of sp³-hybridized carbons (Fsp3) is 0.400. The van der Waals surface area contributed by atoms with E-state index in [4.69, 9.17) is 10.5 Å². The Morgan fingerprint density at radius 2 is 1.74 bits per heavy atom. The van der Waals surface area contributed by atoms with Crippen LogP contribution in [0.1, 0.15) is 0 Å². The predicted octanol–water partition coefficient (Wildman–Crippen LogP) is -0.431. The van der Waals surface area contributed by atoms with Crippen molar-refractivity contribution in [2.75, 3.05) is 30.2 Å². The number of benzene rings is 1. The molecule has 0 amide bonds. The summed E-state index contributed by atoms with van der Waals surface area (Å²) >= 11 is 0. The lowest BCUT2D eigenvalue weighted by atomic mass is 10.3. The van der Waals surface area contributed by atoms with Crippen molar-refractivity contribution >= 4 is 25.5 Å². The summed E-state index contributed by atoms with van der Waals surface area (Å²) in [6.07, 6.45) is 0.858. The molecule has 0 aliphatic rings. The zero-order valence-corrected chi connectivity index (χ0v) is 12.0. The molecule has 9 heteroatoms. The Bertz CT molecular complexity index is 608. The monoisotopic (exact) mass is 308 g/mol. The van der Waals surface area contributed by atoms with Gasteiger partial charge in [0.15, 0.2) is 14.9 Å². The SMILES string of the molecule is CS(=O)(=O)CS(=O)(=O)NCCOc1ccc(N)cc1. The first-order valence-electron chi connectivity index (χ1n) is 5.31. The quantitative estimate of drug-likeness (QED) is 0.521. The zero-order valence-electron chi connectivity index (χ0n) is 10.4. The summed E-state index contributed by atoms with van der Waals surface area (Å²) in [5.41, 5.74) is 6.09. The van der Waals surface area contributed by atoms with Gasteiger partial charge in [-0.15, -0.1) is 0 Å². The number of ether oxygens (including phenoxy) is 1. The summed E-state index contributed by atoms with van der Waals surface area (Å²) in [7, 11) is -7.42. The van der Waals surface area contributed by atoms with Crippen LogP contribution in [0, 0.1) is 0 Å². The van der Waals surface area contributed by atoms with E-state index in [0.717, 1.165) is 6.26 Å². The minimum absolute atomic E-state index is 0.0117. The molecule has 0 fully saturated rings. The number of hydrogen-bond donors (Lipinski definition) is 2. The number of nitrogens with one attached hydrogen (secondary N) is 1. The summed E-state index contributed by atoms with van der Waals surface area (Å²) in [5, 5.41) is -0.929. The van der Waals surface area contributed by atoms with E-state index in [1.807, 2.05) is 0 Å². The minimum atomic E-state index is -3.84. The zero-order chi connectivity index (χ0) is 14.5. The van der Waals surface area contributed by atoms with Crippen molar-refractivity contribution in [3.05, 3.63) is 24.3 Å². The molecular formula is C10H16N2O5S2. The van der Waals surface area contributed by atoms with Crippen LogP contribution in [0.25, 0.3) is 0 Å². The smallest absolute Gasteiger partial charge is 0.226 e. The van der Waals surface area contributed by atoms with Crippen molar-refractivity contribution in [2.24, 2.45) is 0 Å². The average Bonchev–Trinajstić information content (AvgIpc) is 2.23. The number of nitrogens with two attached hydrogens (primary N) is 1. The van der Waals surface area contributed by atoms with Crippen molar-refractivity contribution in [3.8, 4) is 5.75 Å². The molecule has 0 aromatic heterocycles. The van der Waals surface area contributed by atoms with Crippen LogP contribution in [0.3, 0.4) is 0 Å². The van der Waals surface area contributed by atoms with Crippen LogP contribution >= 0.6 is 0 Å². The predicted molar refractivity (Wildman–Crippen MR) is 73.0 cm³/mol. The maximum Gasteiger partial charge on any atom is 0.226 e. The summed E-state index contributed by atoms with van der Waals surface area (Å²) in [6, 6.07) is 6.62. The first-order valence-corrected chi connectivity index (χ1v) is 9.03. The summed E-state index contributed by atoms with van der Waals surface area (Å²) < 4.78 is 51.8. The fourth-order valence-electron chi connectivity index (χ4n) is 1.25. The first-order chi connectivity index (χ1) is 8.68. The average molecular weight is 308 g/mol. The van der Waals surface area contributed by atoms with Crippen LogP contribution in [0.15, 0.2) is 24.3 Å². The molecule has 7 nitrogen and oxygen atoms in total. The van der Waals surface area contributed by atoms with Crippen molar-refractivity contribution in [1.29, 1.82) is 0 Å². The van der Waals surface area contributed by atoms with E-state index in [9.17, 15) is 16.8 Å². The molecule has 0 saturated carbocycles. The third-order valence-corrected chi connectivity index (χ3v) is 5.54. The normalized spacial score (nSPS) is 12.3. The van der Waals surface area contributed by atoms with Gasteiger partial charge in [0.25, 0.3) is 0 Å². The van der Waals surface area contributed by atoms with Gasteiger partial charge in [-0.1, -0.05) is 0 Å². The van der Waals surface area contributed by atoms with Gasteiger partial charge < -0.3 is 10.5 Å². The molecule has 0 aliphatic carbocycles. The fourth-order valence-corrected chi connectivity index (χ4v) is 4.24. The second-order valence-electron chi connectivity index (χ2n) is 3.97. The number of sulfonamides is 1. The van der Waals surface area contributed by atoms with Crippen molar-refractivity contribution < 1.29 is 21.6 Å². The third kappa shape index (κ3) is 6.99. The van der Waals surface area contributed by atoms with Crippen LogP contribution < -0.4 is 15.2 Å². The van der Waals surface area contributed by atoms with E-state index >= 15 is 0 Å². The molecule has 0 radical (unpaired) electrons. The Kier molecular flexibility index (Phi) is 5.15. The van der Waals surface area contributed by atoms with Gasteiger partial charge in [-0.25, -0.2) is 21.6 Å². The third-order valence-electron chi connectivity index (χ3n) is 1.94. The minimum Gasteiger partial charge on any atom is -0.492 e. The summed E-state index contributed by atoms with van der Waals surface area (Å²) in [6.45, 7) is 0.0785. The highest BCUT2D eigenvalue weighted by molar-refractivity contribution is 8.06. The van der Waals surface area contributed by atoms with E-state index in [1.165, 1.54) is 0 Å². The van der Waals surface area contributed by atoms with Crippen molar-refractivity contribution in [3.63, 3.8) is 0 Å². The highest BCUT2D eigenvalue weighted by Crippen LogP contribution is 2.12. The number of anilines is 1. The van der Waals surface area contributed by atoms with E-state index in [1.54, 1.807) is 24.3 Å². The van der Waals surface area contributed by atoms with Crippen LogP contribution in [0.2, 0.25) is 0 Å². The number of hydrogen-bond acceptors (Lipinski definition) is 6. The maximum absolute atomic E-state index is 11.3. The van der Waals surface area contributed by atoms with Gasteiger partial charge in [0.1, 0.15) is 12.4 Å². The van der Waals surface area contributed by atoms with Crippen LogP contribution in [-0.2, 0) is 19.9 Å². The van der Waals surface area contributed by atoms with Crippen LogP contribution in [0.4, 0.5) is 5.69 Å². The number of sulfone groups is 1. The van der Waals surface area contributed by atoms with Crippen molar-refractivity contribution in [2.45, 2.75) is 0 Å². The summed E-state index contributed by atoms with van der Waals surface area (Å²) in [4.78, 5) is 0. The van der Waals surface area contributed by atoms with Gasteiger partial charge in [0.2, 0.25) is 10.0 Å². The van der Waals surface area contributed by atoms with Crippen LogP contribution in [-0.4, -0.2) is 41.3 Å². The molecule has 19 heavy (non-hydrogen) atoms. The standard InChI is InChI=1S/C10H16N2O5S2/c1-18(13,14)8-19(15,16)12-6-7-17-10-4-2-9(11)3-5-10/h2-5,12H,6-8,11H2,1H3. The van der Waals surface area contributed by atoms with E-state index in [0.29, 0.717) is 11.4 Å². The second kappa shape index (κ2) is 6.22. The lowest BCUT2D eigenvalue weighted by molar-refractivity contribution is 0.323. The maximum atomic E-state index is 11.3. The molecule has 3 N–H and O–H groups in total.